The Kier molecular flexibility index (Phi) is 5.69. The third-order valence-electron chi connectivity index (χ3n) is 5.11. The highest BCUT2D eigenvalue weighted by Gasteiger charge is 2.28. The molecule has 0 bridgehead atoms. The van der Waals surface area contributed by atoms with E-state index in [-0.39, 0.29) is 11.8 Å². The van der Waals surface area contributed by atoms with Crippen molar-refractivity contribution in [1.82, 2.24) is 0 Å². The van der Waals surface area contributed by atoms with Crippen LogP contribution in [0.4, 0.5) is 10.7 Å². The summed E-state index contributed by atoms with van der Waals surface area (Å²) < 4.78 is 0. The number of hydrogen-bond acceptors (Lipinski definition) is 3. The van der Waals surface area contributed by atoms with Crippen LogP contribution in [-0.2, 0) is 19.3 Å². The van der Waals surface area contributed by atoms with Crippen molar-refractivity contribution in [3.63, 3.8) is 0 Å². The van der Waals surface area contributed by atoms with Crippen molar-refractivity contribution >= 4 is 45.4 Å². The maximum atomic E-state index is 13.2. The summed E-state index contributed by atoms with van der Waals surface area (Å²) >= 11 is 7.51. The van der Waals surface area contributed by atoms with Crippen LogP contribution in [0.2, 0.25) is 5.02 Å². The van der Waals surface area contributed by atoms with Gasteiger partial charge in [-0.1, -0.05) is 42.8 Å². The van der Waals surface area contributed by atoms with Crippen LogP contribution in [0.25, 0.3) is 0 Å². The summed E-state index contributed by atoms with van der Waals surface area (Å²) in [6.07, 6.45) is 3.67. The number of halogens is 1. The third-order valence-corrected chi connectivity index (χ3v) is 6.55. The number of aryl methyl sites for hydroxylation is 2. The van der Waals surface area contributed by atoms with Gasteiger partial charge in [0.05, 0.1) is 5.56 Å². The highest BCUT2D eigenvalue weighted by atomic mass is 35.5. The van der Waals surface area contributed by atoms with Crippen molar-refractivity contribution in [2.75, 3.05) is 10.6 Å². The van der Waals surface area contributed by atoms with E-state index in [2.05, 4.69) is 17.6 Å². The zero-order valence-corrected chi connectivity index (χ0v) is 17.6. The van der Waals surface area contributed by atoms with Crippen molar-refractivity contribution in [2.24, 2.45) is 0 Å². The van der Waals surface area contributed by atoms with Gasteiger partial charge in [0.2, 0.25) is 0 Å². The number of benzene rings is 2. The number of nitrogens with one attached hydrogen (secondary N) is 2. The van der Waals surface area contributed by atoms with Crippen LogP contribution in [0.15, 0.2) is 48.5 Å². The van der Waals surface area contributed by atoms with Crippen LogP contribution in [-0.4, -0.2) is 11.8 Å². The number of carbonyl (C=O) groups excluding carboxylic acids is 2. The molecule has 2 N–H and O–H groups in total. The molecule has 3 aromatic rings. The number of anilines is 2. The fourth-order valence-corrected chi connectivity index (χ4v) is 5.14. The van der Waals surface area contributed by atoms with Gasteiger partial charge in [-0.2, -0.15) is 0 Å². The molecule has 0 fully saturated rings. The predicted octanol–water partition coefficient (Wildman–Crippen LogP) is 5.96. The average Bonchev–Trinajstić information content (AvgIpc) is 3.29. The highest BCUT2D eigenvalue weighted by molar-refractivity contribution is 7.17. The lowest BCUT2D eigenvalue weighted by molar-refractivity contribution is 0.102. The summed E-state index contributed by atoms with van der Waals surface area (Å²) in [5, 5.41) is 7.09. The molecule has 2 aromatic carbocycles. The lowest BCUT2D eigenvalue weighted by Crippen LogP contribution is -2.18. The number of hydrogen-bond donors (Lipinski definition) is 2. The zero-order valence-electron chi connectivity index (χ0n) is 16.0. The van der Waals surface area contributed by atoms with Gasteiger partial charge in [-0.05, 0) is 61.1 Å². The van der Waals surface area contributed by atoms with E-state index in [0.29, 0.717) is 21.2 Å². The first kappa shape index (κ1) is 19.7. The van der Waals surface area contributed by atoms with Crippen LogP contribution in [0.3, 0.4) is 0 Å². The lowest BCUT2D eigenvalue weighted by Gasteiger charge is -2.12. The Morgan fingerprint density at radius 3 is 2.66 bits per heavy atom. The van der Waals surface area contributed by atoms with E-state index in [9.17, 15) is 9.59 Å². The van der Waals surface area contributed by atoms with Crippen LogP contribution in [0.5, 0.6) is 0 Å². The van der Waals surface area contributed by atoms with E-state index in [1.54, 1.807) is 24.3 Å². The van der Waals surface area contributed by atoms with E-state index in [1.165, 1.54) is 16.2 Å². The SMILES string of the molecule is CCc1ccccc1NC(=O)c1c(NC(=O)c2cccc(Cl)c2)sc2c1CCC2. The Bertz CT molecular complexity index is 1090. The maximum Gasteiger partial charge on any atom is 0.258 e. The normalized spacial score (nSPS) is 12.5. The van der Waals surface area contributed by atoms with Crippen LogP contribution >= 0.6 is 22.9 Å². The topological polar surface area (TPSA) is 58.2 Å². The van der Waals surface area contributed by atoms with Gasteiger partial charge in [0.25, 0.3) is 11.8 Å². The van der Waals surface area contributed by atoms with E-state index >= 15 is 0 Å². The van der Waals surface area contributed by atoms with Gasteiger partial charge >= 0.3 is 0 Å². The number of para-hydroxylation sites is 1. The van der Waals surface area contributed by atoms with E-state index < -0.39 is 0 Å². The van der Waals surface area contributed by atoms with Crippen molar-refractivity contribution in [3.8, 4) is 0 Å². The quantitative estimate of drug-likeness (QED) is 0.531. The molecule has 2 amide bonds. The second kappa shape index (κ2) is 8.39. The zero-order chi connectivity index (χ0) is 20.4. The largest absolute Gasteiger partial charge is 0.322 e. The molecule has 4 rings (SSSR count). The smallest absolute Gasteiger partial charge is 0.258 e. The van der Waals surface area contributed by atoms with Crippen molar-refractivity contribution in [3.05, 3.63) is 80.7 Å². The minimum atomic E-state index is -0.268. The molecule has 1 aromatic heterocycles. The van der Waals surface area contributed by atoms with Gasteiger partial charge < -0.3 is 10.6 Å². The molecular formula is C23H21ClN2O2S. The van der Waals surface area contributed by atoms with E-state index in [4.69, 9.17) is 11.6 Å². The summed E-state index contributed by atoms with van der Waals surface area (Å²) in [6.45, 7) is 2.06. The second-order valence-electron chi connectivity index (χ2n) is 6.99. The summed E-state index contributed by atoms with van der Waals surface area (Å²) in [7, 11) is 0. The molecular weight excluding hydrogens is 404 g/mol. The van der Waals surface area contributed by atoms with Crippen molar-refractivity contribution in [1.29, 1.82) is 0 Å². The van der Waals surface area contributed by atoms with Gasteiger partial charge in [0.1, 0.15) is 5.00 Å². The molecule has 0 unspecified atom stereocenters. The Hall–Kier alpha value is -2.63. The molecule has 1 heterocycles. The third kappa shape index (κ3) is 4.07. The molecule has 0 saturated heterocycles. The van der Waals surface area contributed by atoms with Crippen LogP contribution in [0, 0.1) is 0 Å². The standard InChI is InChI=1S/C23H21ClN2O2S/c1-2-14-7-3-4-11-18(14)25-22(28)20-17-10-6-12-19(17)29-23(20)26-21(27)15-8-5-9-16(24)13-15/h3-5,7-9,11,13H,2,6,10,12H2,1H3,(H,25,28)(H,26,27). The van der Waals surface area contributed by atoms with Crippen LogP contribution < -0.4 is 10.6 Å². The Balaban J connectivity index is 1.64. The van der Waals surface area contributed by atoms with Crippen molar-refractivity contribution < 1.29 is 9.59 Å². The molecule has 1 aliphatic rings. The Labute approximate surface area is 178 Å². The molecule has 0 atom stereocenters. The van der Waals surface area contributed by atoms with Gasteiger partial charge in [-0.3, -0.25) is 9.59 Å². The lowest BCUT2D eigenvalue weighted by atomic mass is 10.1. The first-order chi connectivity index (χ1) is 14.1. The summed E-state index contributed by atoms with van der Waals surface area (Å²) in [4.78, 5) is 27.1. The number of fused-ring (bicyclic) bond motifs is 1. The Morgan fingerprint density at radius 2 is 1.86 bits per heavy atom. The second-order valence-corrected chi connectivity index (χ2v) is 8.53. The average molecular weight is 425 g/mol. The number of thiophene rings is 1. The van der Waals surface area contributed by atoms with Crippen LogP contribution in [0.1, 0.15) is 50.1 Å². The highest BCUT2D eigenvalue weighted by Crippen LogP contribution is 2.39. The first-order valence-corrected chi connectivity index (χ1v) is 10.9. The molecule has 1 aliphatic carbocycles. The molecule has 0 saturated carbocycles. The summed E-state index contributed by atoms with van der Waals surface area (Å²) in [6, 6.07) is 14.6. The van der Waals surface area contributed by atoms with E-state index in [0.717, 1.165) is 42.5 Å². The monoisotopic (exact) mass is 424 g/mol. The van der Waals surface area contributed by atoms with E-state index in [1.807, 2.05) is 24.3 Å². The molecule has 6 heteroatoms. The van der Waals surface area contributed by atoms with Crippen molar-refractivity contribution in [2.45, 2.75) is 32.6 Å². The first-order valence-electron chi connectivity index (χ1n) is 9.67. The fraction of sp³-hybridized carbons (Fsp3) is 0.217. The van der Waals surface area contributed by atoms with Gasteiger partial charge in [-0.15, -0.1) is 11.3 Å². The van der Waals surface area contributed by atoms with Gasteiger partial charge in [0, 0.05) is 21.2 Å². The van der Waals surface area contributed by atoms with Gasteiger partial charge in [-0.25, -0.2) is 0 Å². The number of amides is 2. The fourth-order valence-electron chi connectivity index (χ4n) is 3.67. The summed E-state index contributed by atoms with van der Waals surface area (Å²) in [5.74, 6) is -0.442. The minimum Gasteiger partial charge on any atom is -0.322 e. The van der Waals surface area contributed by atoms with Gasteiger partial charge in [0.15, 0.2) is 0 Å². The molecule has 148 valence electrons. The number of rotatable bonds is 5. The molecule has 0 spiro atoms. The minimum absolute atomic E-state index is 0.174. The Morgan fingerprint density at radius 1 is 1.03 bits per heavy atom. The molecule has 29 heavy (non-hydrogen) atoms. The number of carbonyl (C=O) groups is 2. The molecule has 0 aliphatic heterocycles. The maximum absolute atomic E-state index is 13.2. The molecule has 4 nitrogen and oxygen atoms in total. The summed E-state index contributed by atoms with van der Waals surface area (Å²) in [5.41, 5.74) is 4.00. The predicted molar refractivity (Wildman–Crippen MR) is 120 cm³/mol. The molecule has 0 radical (unpaired) electrons.